The van der Waals surface area contributed by atoms with Crippen LogP contribution in [-0.2, 0) is 0 Å². The Hall–Kier alpha value is -0.420. The molecule has 5 heteroatoms. The minimum Gasteiger partial charge on any atom is -0.337 e. The summed E-state index contributed by atoms with van der Waals surface area (Å²) in [5.74, 6) is 0.781. The molecule has 0 aliphatic carbocycles. The van der Waals surface area contributed by atoms with Crippen LogP contribution in [0.15, 0.2) is 5.51 Å². The molecule has 0 radical (unpaired) electrons. The summed E-state index contributed by atoms with van der Waals surface area (Å²) in [5, 5.41) is 0. The molecule has 2 atom stereocenters. The average Bonchev–Trinajstić information content (AvgIpc) is 2.67. The van der Waals surface area contributed by atoms with Crippen molar-refractivity contribution in [3.63, 3.8) is 0 Å². The number of amides is 1. The molecule has 1 amide bonds. The Labute approximate surface area is 108 Å². The first kappa shape index (κ1) is 12.0. The van der Waals surface area contributed by atoms with Gasteiger partial charge in [-0.2, -0.15) is 0 Å². The lowest BCUT2D eigenvalue weighted by Gasteiger charge is -2.34. The normalized spacial score (nSPS) is 25.8. The number of thiazole rings is 1. The van der Waals surface area contributed by atoms with Crippen LogP contribution >= 0.6 is 27.3 Å². The molecule has 1 fully saturated rings. The zero-order chi connectivity index (χ0) is 11.7. The number of carbonyl (C=O) groups excluding carboxylic acids is 1. The number of hydrogen-bond donors (Lipinski definition) is 0. The van der Waals surface area contributed by atoms with Gasteiger partial charge < -0.3 is 4.90 Å². The van der Waals surface area contributed by atoms with Crippen LogP contribution in [0.3, 0.4) is 0 Å². The maximum Gasteiger partial charge on any atom is 0.265 e. The van der Waals surface area contributed by atoms with E-state index in [0.29, 0.717) is 10.7 Å². The van der Waals surface area contributed by atoms with Crippen LogP contribution < -0.4 is 0 Å². The second-order valence-corrected chi connectivity index (χ2v) is 6.33. The first-order valence-corrected chi connectivity index (χ1v) is 7.22. The molecule has 0 bridgehead atoms. The largest absolute Gasteiger partial charge is 0.337 e. The number of aromatic nitrogens is 1. The molecule has 0 saturated carbocycles. The summed E-state index contributed by atoms with van der Waals surface area (Å²) in [6.45, 7) is 5.78. The number of likely N-dealkylation sites (tertiary alicyclic amines) is 1. The zero-order valence-corrected chi connectivity index (χ0v) is 11.8. The molecule has 88 valence electrons. The molecule has 16 heavy (non-hydrogen) atoms. The molecule has 1 aromatic rings. The highest BCUT2D eigenvalue weighted by Gasteiger charge is 2.28. The number of rotatable bonds is 1. The maximum absolute atomic E-state index is 12.2. The Morgan fingerprint density at radius 2 is 2.44 bits per heavy atom. The Kier molecular flexibility index (Phi) is 3.64. The summed E-state index contributed by atoms with van der Waals surface area (Å²) >= 11 is 5.07. The number of carbonyl (C=O) groups is 1. The van der Waals surface area contributed by atoms with Crippen molar-refractivity contribution in [3.05, 3.63) is 16.1 Å². The Morgan fingerprint density at radius 3 is 3.00 bits per heavy atom. The number of nitrogens with zero attached hydrogens (tertiary/aromatic N) is 2. The van der Waals surface area contributed by atoms with Gasteiger partial charge in [0.25, 0.3) is 5.91 Å². The quantitative estimate of drug-likeness (QED) is 0.747. The summed E-state index contributed by atoms with van der Waals surface area (Å²) < 4.78 is 0. The van der Waals surface area contributed by atoms with Crippen molar-refractivity contribution >= 4 is 33.2 Å². The highest BCUT2D eigenvalue weighted by molar-refractivity contribution is 9.09. The van der Waals surface area contributed by atoms with E-state index in [1.807, 2.05) is 11.8 Å². The minimum atomic E-state index is 0.136. The minimum absolute atomic E-state index is 0.136. The monoisotopic (exact) mass is 302 g/mol. The van der Waals surface area contributed by atoms with Crippen LogP contribution in [0.25, 0.3) is 0 Å². The van der Waals surface area contributed by atoms with Crippen molar-refractivity contribution in [2.45, 2.75) is 25.1 Å². The summed E-state index contributed by atoms with van der Waals surface area (Å²) in [7, 11) is 0. The molecule has 2 rings (SSSR count). The van der Waals surface area contributed by atoms with Crippen molar-refractivity contribution < 1.29 is 4.79 Å². The second-order valence-electron chi connectivity index (χ2n) is 4.30. The van der Waals surface area contributed by atoms with Gasteiger partial charge in [0.15, 0.2) is 0 Å². The van der Waals surface area contributed by atoms with E-state index < -0.39 is 0 Å². The van der Waals surface area contributed by atoms with Gasteiger partial charge in [-0.05, 0) is 19.3 Å². The van der Waals surface area contributed by atoms with Gasteiger partial charge in [0.1, 0.15) is 4.88 Å². The smallest absolute Gasteiger partial charge is 0.265 e. The lowest BCUT2D eigenvalue weighted by molar-refractivity contribution is 0.0710. The predicted octanol–water partition coefficient (Wildman–Crippen LogP) is 2.70. The Bertz CT molecular complexity index is 393. The van der Waals surface area contributed by atoms with E-state index in [1.165, 1.54) is 11.3 Å². The molecule has 0 N–H and O–H groups in total. The number of hydrogen-bond acceptors (Lipinski definition) is 3. The lowest BCUT2D eigenvalue weighted by Crippen LogP contribution is -2.43. The van der Waals surface area contributed by atoms with Gasteiger partial charge in [0, 0.05) is 17.9 Å². The van der Waals surface area contributed by atoms with Crippen molar-refractivity contribution in [2.24, 2.45) is 5.92 Å². The van der Waals surface area contributed by atoms with Crippen LogP contribution in [0.4, 0.5) is 0 Å². The molecule has 0 aromatic carbocycles. The highest BCUT2D eigenvalue weighted by atomic mass is 79.9. The van der Waals surface area contributed by atoms with Gasteiger partial charge in [-0.15, -0.1) is 11.3 Å². The van der Waals surface area contributed by atoms with Gasteiger partial charge in [-0.25, -0.2) is 4.98 Å². The van der Waals surface area contributed by atoms with Gasteiger partial charge in [0.05, 0.1) is 11.2 Å². The lowest BCUT2D eigenvalue weighted by atomic mass is 9.99. The third-order valence-electron chi connectivity index (χ3n) is 3.09. The molecular formula is C11H15BrN2OS. The zero-order valence-electron chi connectivity index (χ0n) is 9.44. The fourth-order valence-electron chi connectivity index (χ4n) is 1.86. The highest BCUT2D eigenvalue weighted by Crippen LogP contribution is 2.25. The van der Waals surface area contributed by atoms with Crippen molar-refractivity contribution in [3.8, 4) is 0 Å². The van der Waals surface area contributed by atoms with E-state index >= 15 is 0 Å². The molecular weight excluding hydrogens is 288 g/mol. The van der Waals surface area contributed by atoms with Crippen LogP contribution in [0.1, 0.15) is 28.7 Å². The Morgan fingerprint density at radius 1 is 1.69 bits per heavy atom. The molecule has 1 aliphatic rings. The number of aryl methyl sites for hydroxylation is 1. The van der Waals surface area contributed by atoms with E-state index in [2.05, 4.69) is 27.8 Å². The van der Waals surface area contributed by atoms with Crippen LogP contribution in [0, 0.1) is 12.8 Å². The first-order chi connectivity index (χ1) is 7.59. The number of halogens is 1. The first-order valence-electron chi connectivity index (χ1n) is 5.43. The van der Waals surface area contributed by atoms with E-state index in [9.17, 15) is 4.79 Å². The van der Waals surface area contributed by atoms with Gasteiger partial charge in [-0.1, -0.05) is 22.9 Å². The van der Waals surface area contributed by atoms with E-state index in [-0.39, 0.29) is 5.91 Å². The third-order valence-corrected chi connectivity index (χ3v) is 5.20. The van der Waals surface area contributed by atoms with Gasteiger partial charge >= 0.3 is 0 Å². The van der Waals surface area contributed by atoms with Crippen molar-refractivity contribution in [2.75, 3.05) is 13.1 Å². The average molecular weight is 303 g/mol. The summed E-state index contributed by atoms with van der Waals surface area (Å²) in [6, 6.07) is 0. The van der Waals surface area contributed by atoms with Crippen LogP contribution in [-0.4, -0.2) is 33.7 Å². The summed E-state index contributed by atoms with van der Waals surface area (Å²) in [5.41, 5.74) is 2.58. The molecule has 2 unspecified atom stereocenters. The van der Waals surface area contributed by atoms with Crippen LogP contribution in [0.2, 0.25) is 0 Å². The van der Waals surface area contributed by atoms with E-state index in [4.69, 9.17) is 0 Å². The Balaban J connectivity index is 2.09. The van der Waals surface area contributed by atoms with E-state index in [0.717, 1.165) is 30.1 Å². The molecule has 0 spiro atoms. The number of alkyl halides is 1. The predicted molar refractivity (Wildman–Crippen MR) is 69.3 cm³/mol. The summed E-state index contributed by atoms with van der Waals surface area (Å²) in [4.78, 5) is 19.5. The van der Waals surface area contributed by atoms with E-state index in [1.54, 1.807) is 5.51 Å². The fourth-order valence-corrected chi connectivity index (χ4v) is 3.24. The number of piperidine rings is 1. The fraction of sp³-hybridized carbons (Fsp3) is 0.636. The van der Waals surface area contributed by atoms with Crippen molar-refractivity contribution in [1.29, 1.82) is 0 Å². The van der Waals surface area contributed by atoms with Crippen LogP contribution in [0.5, 0.6) is 0 Å². The van der Waals surface area contributed by atoms with Crippen molar-refractivity contribution in [1.82, 2.24) is 9.88 Å². The molecule has 1 aliphatic heterocycles. The van der Waals surface area contributed by atoms with Gasteiger partial charge in [-0.3, -0.25) is 4.79 Å². The second kappa shape index (κ2) is 4.84. The molecule has 2 heterocycles. The standard InChI is InChI=1S/C11H15BrN2OS/c1-7-3-4-14(5-9(7)12)11(15)10-8(2)13-6-16-10/h6-7,9H,3-5H2,1-2H3. The topological polar surface area (TPSA) is 33.2 Å². The molecule has 3 nitrogen and oxygen atoms in total. The SMILES string of the molecule is Cc1ncsc1C(=O)N1CCC(C)C(Br)C1. The summed E-state index contributed by atoms with van der Waals surface area (Å²) in [6.07, 6.45) is 1.07. The maximum atomic E-state index is 12.2. The molecule has 1 saturated heterocycles. The molecule has 1 aromatic heterocycles. The third kappa shape index (κ3) is 2.30. The van der Waals surface area contributed by atoms with Gasteiger partial charge in [0.2, 0.25) is 0 Å².